The molecule has 0 fully saturated rings. The van der Waals surface area contributed by atoms with Crippen molar-refractivity contribution in [2.45, 2.75) is 6.61 Å². The van der Waals surface area contributed by atoms with Gasteiger partial charge in [0.2, 0.25) is 0 Å². The molecular weight excluding hydrogens is 327 g/mol. The van der Waals surface area contributed by atoms with E-state index in [1.807, 2.05) is 24.3 Å². The molecule has 2 aromatic carbocycles. The van der Waals surface area contributed by atoms with Gasteiger partial charge in [-0.15, -0.1) is 0 Å². The highest BCUT2D eigenvalue weighted by atomic mass is 127. The van der Waals surface area contributed by atoms with E-state index in [4.69, 9.17) is 9.84 Å². The van der Waals surface area contributed by atoms with Crippen LogP contribution in [0.2, 0.25) is 0 Å². The molecule has 0 aliphatic heterocycles. The smallest absolute Gasteiger partial charge is 0.357 e. The molecule has 0 unspecified atom stereocenters. The molecule has 0 radical (unpaired) electrons. The molecule has 0 bridgehead atoms. The van der Waals surface area contributed by atoms with Gasteiger partial charge in [0.1, 0.15) is 5.75 Å². The van der Waals surface area contributed by atoms with E-state index >= 15 is 0 Å². The molecule has 0 spiro atoms. The molecule has 17 heavy (non-hydrogen) atoms. The second-order valence-electron chi connectivity index (χ2n) is 3.54. The van der Waals surface area contributed by atoms with E-state index in [-0.39, 0.29) is 27.8 Å². The summed E-state index contributed by atoms with van der Waals surface area (Å²) in [5.74, 6) is 0.897. The van der Waals surface area contributed by atoms with Crippen LogP contribution in [0.1, 0.15) is 5.56 Å². The number of hydrogen-bond donors (Lipinski definition) is 1. The highest BCUT2D eigenvalue weighted by Crippen LogP contribution is 2.06. The van der Waals surface area contributed by atoms with Gasteiger partial charge in [-0.25, -0.2) is 0 Å². The van der Waals surface area contributed by atoms with Crippen LogP contribution in [0, 0.1) is 7.14 Å². The minimum Gasteiger partial charge on any atom is -0.497 e. The highest BCUT2D eigenvalue weighted by Gasteiger charge is 2.14. The van der Waals surface area contributed by atoms with E-state index in [9.17, 15) is 0 Å². The van der Waals surface area contributed by atoms with Gasteiger partial charge in [-0.2, -0.15) is 0 Å². The van der Waals surface area contributed by atoms with Gasteiger partial charge in [-0.1, -0.05) is 12.1 Å². The van der Waals surface area contributed by atoms with Crippen LogP contribution in [0.3, 0.4) is 0 Å². The van der Waals surface area contributed by atoms with Crippen molar-refractivity contribution in [2.75, 3.05) is 7.11 Å². The maximum absolute atomic E-state index is 8.97. The summed E-state index contributed by atoms with van der Waals surface area (Å²) in [6.07, 6.45) is 0. The van der Waals surface area contributed by atoms with Crippen molar-refractivity contribution in [1.82, 2.24) is 0 Å². The summed E-state index contributed by atoms with van der Waals surface area (Å²) in [4.78, 5) is 0. The Bertz CT molecular complexity index is 417. The number of aliphatic hydroxyl groups is 1. The molecule has 2 aromatic rings. The van der Waals surface area contributed by atoms with Crippen molar-refractivity contribution >= 4 is 0 Å². The van der Waals surface area contributed by atoms with Gasteiger partial charge >= 0.3 is 21.2 Å². The predicted molar refractivity (Wildman–Crippen MR) is 62.8 cm³/mol. The Kier molecular flexibility index (Phi) is 4.39. The normalized spacial score (nSPS) is 10.2. The van der Waals surface area contributed by atoms with Crippen LogP contribution in [-0.4, -0.2) is 12.2 Å². The average molecular weight is 341 g/mol. The van der Waals surface area contributed by atoms with Gasteiger partial charge in [0, 0.05) is 0 Å². The van der Waals surface area contributed by atoms with Crippen LogP contribution in [0.5, 0.6) is 5.75 Å². The Morgan fingerprint density at radius 2 is 1.47 bits per heavy atom. The number of halogens is 1. The third kappa shape index (κ3) is 3.44. The molecule has 88 valence electrons. The highest BCUT2D eigenvalue weighted by molar-refractivity contribution is 5.20. The lowest BCUT2D eigenvalue weighted by atomic mass is 10.2. The minimum absolute atomic E-state index is 0.112. The zero-order chi connectivity index (χ0) is 12.1. The zero-order valence-corrected chi connectivity index (χ0v) is 11.7. The van der Waals surface area contributed by atoms with Gasteiger partial charge in [-0.3, -0.25) is 0 Å². The molecule has 3 heteroatoms. The molecule has 0 aliphatic rings. The summed E-state index contributed by atoms with van der Waals surface area (Å²) < 4.78 is 7.85. The van der Waals surface area contributed by atoms with Crippen molar-refractivity contribution < 1.29 is 31.0 Å². The first-order chi connectivity index (χ1) is 8.31. The molecule has 2 rings (SSSR count). The van der Waals surface area contributed by atoms with Crippen LogP contribution in [0.4, 0.5) is 0 Å². The minimum atomic E-state index is -0.145. The summed E-state index contributed by atoms with van der Waals surface area (Å²) in [5.41, 5.74) is 0.965. The summed E-state index contributed by atoms with van der Waals surface area (Å²) >= 11 is -0.145. The molecule has 0 amide bonds. The molecule has 1 N–H and O–H groups in total. The standard InChI is InChI=1S/C14H14IO2/c1-17-14-8-6-13(7-9-14)15-12-4-2-11(10-16)3-5-12/h2-9,16H,10H2,1H3/q+1. The fraction of sp³-hybridized carbons (Fsp3) is 0.143. The first-order valence-electron chi connectivity index (χ1n) is 5.30. The summed E-state index contributed by atoms with van der Waals surface area (Å²) in [6, 6.07) is 16.4. The number of benzene rings is 2. The third-order valence-electron chi connectivity index (χ3n) is 2.36. The van der Waals surface area contributed by atoms with Crippen molar-refractivity contribution in [3.63, 3.8) is 0 Å². The monoisotopic (exact) mass is 341 g/mol. The zero-order valence-electron chi connectivity index (χ0n) is 9.56. The lowest BCUT2D eigenvalue weighted by molar-refractivity contribution is -0.597. The van der Waals surface area contributed by atoms with Gasteiger partial charge in [0.15, 0.2) is 7.14 Å². The number of ether oxygens (including phenoxy) is 1. The topological polar surface area (TPSA) is 29.5 Å². The molecule has 0 heterocycles. The lowest BCUT2D eigenvalue weighted by Gasteiger charge is -1.96. The van der Waals surface area contributed by atoms with Crippen LogP contribution in [0.15, 0.2) is 48.5 Å². The second kappa shape index (κ2) is 6.02. The Morgan fingerprint density at radius 3 is 1.94 bits per heavy atom. The largest absolute Gasteiger partial charge is 0.497 e. The number of methoxy groups -OCH3 is 1. The molecule has 0 aliphatic carbocycles. The second-order valence-corrected chi connectivity index (χ2v) is 6.57. The third-order valence-corrected chi connectivity index (χ3v) is 5.05. The van der Waals surface area contributed by atoms with Gasteiger partial charge in [0.05, 0.1) is 13.7 Å². The van der Waals surface area contributed by atoms with Gasteiger partial charge in [-0.05, 0) is 42.0 Å². The summed E-state index contributed by atoms with van der Waals surface area (Å²) in [7, 11) is 1.68. The Labute approximate surface area is 112 Å². The van der Waals surface area contributed by atoms with Gasteiger partial charge < -0.3 is 9.84 Å². The van der Waals surface area contributed by atoms with Crippen LogP contribution >= 0.6 is 0 Å². The first kappa shape index (κ1) is 12.4. The number of aliphatic hydroxyl groups excluding tert-OH is 1. The Morgan fingerprint density at radius 1 is 0.941 bits per heavy atom. The fourth-order valence-corrected chi connectivity index (χ4v) is 3.57. The molecule has 0 aromatic heterocycles. The van der Waals surface area contributed by atoms with E-state index in [1.165, 1.54) is 7.14 Å². The summed E-state index contributed by atoms with van der Waals surface area (Å²) in [5, 5.41) is 8.97. The summed E-state index contributed by atoms with van der Waals surface area (Å²) in [6.45, 7) is 0.112. The first-order valence-corrected chi connectivity index (χ1v) is 7.46. The maximum Gasteiger partial charge on any atom is 0.357 e. The fourth-order valence-electron chi connectivity index (χ4n) is 1.41. The van der Waals surface area contributed by atoms with Crippen molar-refractivity contribution in [3.05, 3.63) is 61.2 Å². The lowest BCUT2D eigenvalue weighted by Crippen LogP contribution is -3.61. The molecular formula is C14H14IO2+. The van der Waals surface area contributed by atoms with Crippen LogP contribution < -0.4 is 25.9 Å². The van der Waals surface area contributed by atoms with E-state index in [0.29, 0.717) is 0 Å². The van der Waals surface area contributed by atoms with Crippen molar-refractivity contribution in [3.8, 4) is 5.75 Å². The van der Waals surface area contributed by atoms with E-state index in [0.717, 1.165) is 11.3 Å². The molecule has 0 saturated heterocycles. The SMILES string of the molecule is COc1ccc([I+]c2ccc(CO)cc2)cc1. The van der Waals surface area contributed by atoms with E-state index in [1.54, 1.807) is 7.11 Å². The van der Waals surface area contributed by atoms with Crippen LogP contribution in [-0.2, 0) is 6.61 Å². The van der Waals surface area contributed by atoms with Gasteiger partial charge in [0.25, 0.3) is 0 Å². The Hall–Kier alpha value is -1.07. The molecule has 2 nitrogen and oxygen atoms in total. The number of rotatable bonds is 4. The Balaban J connectivity index is 2.08. The predicted octanol–water partition coefficient (Wildman–Crippen LogP) is -0.684. The van der Waals surface area contributed by atoms with Crippen LogP contribution in [0.25, 0.3) is 0 Å². The molecule has 0 saturated carbocycles. The van der Waals surface area contributed by atoms with Crippen molar-refractivity contribution in [1.29, 1.82) is 0 Å². The maximum atomic E-state index is 8.97. The quantitative estimate of drug-likeness (QED) is 0.747. The number of hydrogen-bond acceptors (Lipinski definition) is 2. The molecule has 0 atom stereocenters. The average Bonchev–Trinajstić information content (AvgIpc) is 2.40. The van der Waals surface area contributed by atoms with Crippen molar-refractivity contribution in [2.24, 2.45) is 0 Å². The van der Waals surface area contributed by atoms with E-state index < -0.39 is 0 Å². The van der Waals surface area contributed by atoms with E-state index in [2.05, 4.69) is 24.3 Å².